The zero-order chi connectivity index (χ0) is 20.4. The topological polar surface area (TPSA) is 82.4 Å². The Bertz CT molecular complexity index is 1060. The van der Waals surface area contributed by atoms with Crippen molar-refractivity contribution in [3.8, 4) is 5.75 Å². The predicted molar refractivity (Wildman–Crippen MR) is 106 cm³/mol. The Morgan fingerprint density at radius 1 is 1.28 bits per heavy atom. The van der Waals surface area contributed by atoms with Gasteiger partial charge < -0.3 is 19.4 Å². The number of cyclic esters (lactones) is 1. The number of nitrogens with one attached hydrogen (secondary N) is 1. The highest BCUT2D eigenvalue weighted by Gasteiger charge is 2.33. The van der Waals surface area contributed by atoms with Gasteiger partial charge in [-0.1, -0.05) is 30.3 Å². The number of aryl methyl sites for hydroxylation is 1. The lowest BCUT2D eigenvalue weighted by Crippen LogP contribution is -2.43. The number of imidazole rings is 1. The van der Waals surface area contributed by atoms with Gasteiger partial charge in [-0.3, -0.25) is 4.79 Å². The van der Waals surface area contributed by atoms with Crippen molar-refractivity contribution in [2.75, 3.05) is 7.11 Å². The second kappa shape index (κ2) is 7.79. The summed E-state index contributed by atoms with van der Waals surface area (Å²) in [4.78, 5) is 29.7. The maximum absolute atomic E-state index is 13.0. The van der Waals surface area contributed by atoms with Crippen LogP contribution in [0, 0.1) is 0 Å². The first-order valence-corrected chi connectivity index (χ1v) is 9.27. The second-order valence-electron chi connectivity index (χ2n) is 6.87. The van der Waals surface area contributed by atoms with Gasteiger partial charge in [0.25, 0.3) is 5.91 Å². The summed E-state index contributed by atoms with van der Waals surface area (Å²) in [7, 11) is 3.45. The van der Waals surface area contributed by atoms with Crippen LogP contribution < -0.4 is 10.1 Å². The van der Waals surface area contributed by atoms with Crippen LogP contribution >= 0.6 is 0 Å². The zero-order valence-electron chi connectivity index (χ0n) is 16.2. The van der Waals surface area contributed by atoms with Crippen LogP contribution in [0.25, 0.3) is 0 Å². The van der Waals surface area contributed by atoms with E-state index in [0.29, 0.717) is 23.6 Å². The standard InChI is InChI=1S/C22H21N3O4/c1-25-11-10-23-20(25)19(15-7-5-8-16(12-15)28-2)24-21(26)18-13-14-6-3-4-9-17(14)22(27)29-18/h3-12,18-19H,13H2,1-2H3,(H,24,26). The lowest BCUT2D eigenvalue weighted by atomic mass is 9.97. The molecule has 1 amide bonds. The Morgan fingerprint density at radius 2 is 2.10 bits per heavy atom. The lowest BCUT2D eigenvalue weighted by molar-refractivity contribution is -0.130. The number of amides is 1. The van der Waals surface area contributed by atoms with Crippen molar-refractivity contribution in [1.29, 1.82) is 0 Å². The van der Waals surface area contributed by atoms with Crippen molar-refractivity contribution in [2.24, 2.45) is 7.05 Å². The quantitative estimate of drug-likeness (QED) is 0.676. The van der Waals surface area contributed by atoms with Gasteiger partial charge in [-0.25, -0.2) is 9.78 Å². The molecule has 0 saturated carbocycles. The molecule has 3 aromatic rings. The Balaban J connectivity index is 1.62. The van der Waals surface area contributed by atoms with E-state index in [4.69, 9.17) is 9.47 Å². The van der Waals surface area contributed by atoms with Gasteiger partial charge in [0.2, 0.25) is 0 Å². The third-order valence-electron chi connectivity index (χ3n) is 5.01. The van der Waals surface area contributed by atoms with Crippen molar-refractivity contribution in [3.63, 3.8) is 0 Å². The number of methoxy groups -OCH3 is 1. The van der Waals surface area contributed by atoms with E-state index < -0.39 is 18.1 Å². The molecule has 2 aromatic carbocycles. The normalized spacial score (nSPS) is 16.5. The van der Waals surface area contributed by atoms with Gasteiger partial charge >= 0.3 is 5.97 Å². The number of rotatable bonds is 5. The number of esters is 1. The van der Waals surface area contributed by atoms with E-state index in [1.54, 1.807) is 25.4 Å². The van der Waals surface area contributed by atoms with Gasteiger partial charge in [0.1, 0.15) is 17.6 Å². The van der Waals surface area contributed by atoms with Gasteiger partial charge in [-0.15, -0.1) is 0 Å². The summed E-state index contributed by atoms with van der Waals surface area (Å²) < 4.78 is 12.6. The van der Waals surface area contributed by atoms with E-state index >= 15 is 0 Å². The average Bonchev–Trinajstić information content (AvgIpc) is 3.17. The lowest BCUT2D eigenvalue weighted by Gasteiger charge is -2.26. The van der Waals surface area contributed by atoms with Crippen LogP contribution in [-0.2, 0) is 23.0 Å². The fraction of sp³-hybridized carbons (Fsp3) is 0.227. The Morgan fingerprint density at radius 3 is 2.86 bits per heavy atom. The number of aromatic nitrogens is 2. The molecule has 7 nitrogen and oxygen atoms in total. The van der Waals surface area contributed by atoms with E-state index in [0.717, 1.165) is 11.1 Å². The number of carbonyl (C=O) groups excluding carboxylic acids is 2. The zero-order valence-corrected chi connectivity index (χ0v) is 16.2. The van der Waals surface area contributed by atoms with Crippen molar-refractivity contribution >= 4 is 11.9 Å². The van der Waals surface area contributed by atoms with Gasteiger partial charge in [0, 0.05) is 25.9 Å². The first-order valence-electron chi connectivity index (χ1n) is 9.27. The van der Waals surface area contributed by atoms with E-state index in [1.807, 2.05) is 54.2 Å². The SMILES string of the molecule is COc1cccc(C(NC(=O)C2Cc3ccccc3C(=O)O2)c2nccn2C)c1. The van der Waals surface area contributed by atoms with E-state index in [-0.39, 0.29) is 5.91 Å². The highest BCUT2D eigenvalue weighted by molar-refractivity contribution is 5.95. The Kier molecular flexibility index (Phi) is 5.03. The summed E-state index contributed by atoms with van der Waals surface area (Å²) in [6.45, 7) is 0. The van der Waals surface area contributed by atoms with Crippen LogP contribution in [0.4, 0.5) is 0 Å². The van der Waals surface area contributed by atoms with Crippen LogP contribution in [0.5, 0.6) is 5.75 Å². The van der Waals surface area contributed by atoms with Crippen molar-refractivity contribution in [2.45, 2.75) is 18.6 Å². The minimum Gasteiger partial charge on any atom is -0.497 e. The monoisotopic (exact) mass is 391 g/mol. The van der Waals surface area contributed by atoms with Gasteiger partial charge in [-0.2, -0.15) is 0 Å². The van der Waals surface area contributed by atoms with Crippen LogP contribution in [0.2, 0.25) is 0 Å². The van der Waals surface area contributed by atoms with E-state index in [9.17, 15) is 9.59 Å². The second-order valence-corrected chi connectivity index (χ2v) is 6.87. The third-order valence-corrected chi connectivity index (χ3v) is 5.01. The molecule has 0 aliphatic carbocycles. The molecule has 0 radical (unpaired) electrons. The third kappa shape index (κ3) is 3.71. The fourth-order valence-electron chi connectivity index (χ4n) is 3.49. The molecule has 1 aliphatic rings. The van der Waals surface area contributed by atoms with Crippen molar-refractivity contribution in [3.05, 3.63) is 83.4 Å². The van der Waals surface area contributed by atoms with Crippen molar-refractivity contribution < 1.29 is 19.1 Å². The Labute approximate surface area is 168 Å². The molecule has 7 heteroatoms. The summed E-state index contributed by atoms with van der Waals surface area (Å²) in [5.41, 5.74) is 2.12. The maximum atomic E-state index is 13.0. The highest BCUT2D eigenvalue weighted by Crippen LogP contribution is 2.26. The fourth-order valence-corrected chi connectivity index (χ4v) is 3.49. The van der Waals surface area contributed by atoms with E-state index in [1.165, 1.54) is 0 Å². The summed E-state index contributed by atoms with van der Waals surface area (Å²) in [6, 6.07) is 14.1. The van der Waals surface area contributed by atoms with Crippen LogP contribution in [-0.4, -0.2) is 34.6 Å². The smallest absolute Gasteiger partial charge is 0.339 e. The summed E-state index contributed by atoms with van der Waals surface area (Å²) in [5.74, 6) is 0.480. The van der Waals surface area contributed by atoms with Gasteiger partial charge in [0.05, 0.1) is 12.7 Å². The van der Waals surface area contributed by atoms with Crippen LogP contribution in [0.3, 0.4) is 0 Å². The van der Waals surface area contributed by atoms with E-state index in [2.05, 4.69) is 10.3 Å². The summed E-state index contributed by atoms with van der Waals surface area (Å²) >= 11 is 0. The molecule has 148 valence electrons. The van der Waals surface area contributed by atoms with Gasteiger partial charge in [-0.05, 0) is 29.3 Å². The minimum atomic E-state index is -0.897. The van der Waals surface area contributed by atoms with Crippen molar-refractivity contribution in [1.82, 2.24) is 14.9 Å². The molecule has 4 rings (SSSR count). The Hall–Kier alpha value is -3.61. The highest BCUT2D eigenvalue weighted by atomic mass is 16.5. The number of nitrogens with zero attached hydrogens (tertiary/aromatic N) is 2. The number of ether oxygens (including phenoxy) is 2. The number of fused-ring (bicyclic) bond motifs is 1. The number of benzene rings is 2. The van der Waals surface area contributed by atoms with Gasteiger partial charge in [0.15, 0.2) is 6.10 Å². The number of carbonyl (C=O) groups is 2. The summed E-state index contributed by atoms with van der Waals surface area (Å²) in [6.07, 6.45) is 2.92. The number of hydrogen-bond acceptors (Lipinski definition) is 5. The minimum absolute atomic E-state index is 0.332. The molecule has 0 spiro atoms. The molecule has 0 fully saturated rings. The first kappa shape index (κ1) is 18.7. The molecule has 1 aromatic heterocycles. The van der Waals surface area contributed by atoms with Crippen LogP contribution in [0.15, 0.2) is 60.9 Å². The molecular formula is C22H21N3O4. The molecule has 2 unspecified atom stereocenters. The molecule has 29 heavy (non-hydrogen) atoms. The summed E-state index contributed by atoms with van der Waals surface area (Å²) in [5, 5.41) is 2.99. The molecule has 1 aliphatic heterocycles. The average molecular weight is 391 g/mol. The molecule has 1 N–H and O–H groups in total. The largest absolute Gasteiger partial charge is 0.497 e. The molecule has 2 atom stereocenters. The first-order chi connectivity index (χ1) is 14.1. The maximum Gasteiger partial charge on any atom is 0.339 e. The van der Waals surface area contributed by atoms with Crippen LogP contribution in [0.1, 0.15) is 33.4 Å². The predicted octanol–water partition coefficient (Wildman–Crippen LogP) is 2.42. The molecule has 0 bridgehead atoms. The molecular weight excluding hydrogens is 370 g/mol. The molecule has 2 heterocycles. The molecule has 0 saturated heterocycles. The number of hydrogen-bond donors (Lipinski definition) is 1.